The van der Waals surface area contributed by atoms with Crippen LogP contribution in [0.25, 0.3) is 11.5 Å². The van der Waals surface area contributed by atoms with Gasteiger partial charge in [0.05, 0.1) is 5.02 Å². The Morgan fingerprint density at radius 1 is 1.38 bits per heavy atom. The first-order valence-corrected chi connectivity index (χ1v) is 3.90. The zero-order chi connectivity index (χ0) is 9.26. The van der Waals surface area contributed by atoms with Crippen molar-refractivity contribution in [3.05, 3.63) is 29.6 Å². The molecule has 1 aromatic carbocycles. The van der Waals surface area contributed by atoms with Crippen LogP contribution in [0.3, 0.4) is 0 Å². The number of nitrogens with zero attached hydrogens (tertiary/aromatic N) is 2. The summed E-state index contributed by atoms with van der Waals surface area (Å²) >= 11 is 5.69. The second kappa shape index (κ2) is 3.06. The van der Waals surface area contributed by atoms with E-state index in [0.717, 1.165) is 0 Å². The highest BCUT2D eigenvalue weighted by Gasteiger charge is 2.05. The maximum Gasteiger partial charge on any atom is 0.247 e. The Labute approximate surface area is 78.8 Å². The van der Waals surface area contributed by atoms with E-state index in [-0.39, 0.29) is 10.8 Å². The van der Waals surface area contributed by atoms with Gasteiger partial charge in [-0.25, -0.2) is 0 Å². The molecule has 13 heavy (non-hydrogen) atoms. The largest absolute Gasteiger partial charge is 0.506 e. The number of aromatic hydroxyl groups is 1. The first kappa shape index (κ1) is 8.07. The molecule has 0 aliphatic rings. The number of aromatic nitrogens is 2. The predicted octanol–water partition coefficient (Wildman–Crippen LogP) is 2.10. The number of hydrogen-bond donors (Lipinski definition) is 1. The first-order chi connectivity index (χ1) is 6.27. The van der Waals surface area contributed by atoms with Crippen molar-refractivity contribution in [1.29, 1.82) is 0 Å². The minimum absolute atomic E-state index is 0.0323. The molecule has 0 spiro atoms. The molecule has 1 N–H and O–H groups in total. The number of benzene rings is 1. The van der Waals surface area contributed by atoms with Gasteiger partial charge in [0.25, 0.3) is 0 Å². The highest BCUT2D eigenvalue weighted by atomic mass is 35.5. The predicted molar refractivity (Wildman–Crippen MR) is 46.4 cm³/mol. The minimum Gasteiger partial charge on any atom is -0.506 e. The summed E-state index contributed by atoms with van der Waals surface area (Å²) < 4.78 is 4.95. The van der Waals surface area contributed by atoms with Crippen LogP contribution in [0.4, 0.5) is 0 Å². The van der Waals surface area contributed by atoms with Gasteiger partial charge >= 0.3 is 0 Å². The third kappa shape index (κ3) is 1.48. The summed E-state index contributed by atoms with van der Waals surface area (Å²) in [5.74, 6) is 0.409. The lowest BCUT2D eigenvalue weighted by molar-refractivity contribution is 0.475. The lowest BCUT2D eigenvalue weighted by Gasteiger charge is -1.97. The summed E-state index contributed by atoms with van der Waals surface area (Å²) in [5.41, 5.74) is 0.681. The third-order valence-electron chi connectivity index (χ3n) is 1.55. The van der Waals surface area contributed by atoms with Gasteiger partial charge in [-0.1, -0.05) is 11.6 Å². The summed E-state index contributed by atoms with van der Waals surface area (Å²) in [5, 5.41) is 16.6. The lowest BCUT2D eigenvalue weighted by Crippen LogP contribution is -1.78. The van der Waals surface area contributed by atoms with E-state index in [2.05, 4.69) is 10.2 Å². The molecule has 0 saturated heterocycles. The van der Waals surface area contributed by atoms with Crippen molar-refractivity contribution < 1.29 is 9.52 Å². The van der Waals surface area contributed by atoms with Crippen molar-refractivity contribution in [2.45, 2.75) is 0 Å². The molecule has 5 heteroatoms. The molecule has 2 aromatic rings. The molecule has 1 heterocycles. The fourth-order valence-corrected chi connectivity index (χ4v) is 1.12. The Balaban J connectivity index is 2.49. The molecule has 2 rings (SSSR count). The van der Waals surface area contributed by atoms with Crippen LogP contribution < -0.4 is 0 Å². The number of hydrogen-bond acceptors (Lipinski definition) is 4. The molecular weight excluding hydrogens is 192 g/mol. The first-order valence-electron chi connectivity index (χ1n) is 3.52. The quantitative estimate of drug-likeness (QED) is 0.759. The molecule has 0 aliphatic carbocycles. The molecule has 0 amide bonds. The van der Waals surface area contributed by atoms with Crippen LogP contribution >= 0.6 is 11.6 Å². The molecule has 0 aliphatic heterocycles. The maximum atomic E-state index is 9.14. The van der Waals surface area contributed by atoms with Gasteiger partial charge in [0.1, 0.15) is 5.75 Å². The zero-order valence-electron chi connectivity index (χ0n) is 6.44. The Morgan fingerprint density at radius 3 is 2.85 bits per heavy atom. The average Bonchev–Trinajstić information content (AvgIpc) is 2.62. The Morgan fingerprint density at radius 2 is 2.23 bits per heavy atom. The number of halogens is 1. The van der Waals surface area contributed by atoms with E-state index in [1.54, 1.807) is 12.1 Å². The van der Waals surface area contributed by atoms with Crippen LogP contribution in [-0.4, -0.2) is 15.3 Å². The van der Waals surface area contributed by atoms with Gasteiger partial charge in [0, 0.05) is 5.56 Å². The van der Waals surface area contributed by atoms with E-state index in [1.807, 2.05) is 0 Å². The molecule has 0 saturated carbocycles. The summed E-state index contributed by atoms with van der Waals surface area (Å²) in [6.07, 6.45) is 1.23. The van der Waals surface area contributed by atoms with E-state index in [1.165, 1.54) is 12.5 Å². The van der Waals surface area contributed by atoms with Gasteiger partial charge in [-0.3, -0.25) is 0 Å². The van der Waals surface area contributed by atoms with Crippen molar-refractivity contribution in [3.8, 4) is 17.2 Å². The number of rotatable bonds is 1. The van der Waals surface area contributed by atoms with Crippen LogP contribution in [0.1, 0.15) is 0 Å². The zero-order valence-corrected chi connectivity index (χ0v) is 7.19. The summed E-state index contributed by atoms with van der Waals surface area (Å²) in [7, 11) is 0. The summed E-state index contributed by atoms with van der Waals surface area (Å²) in [4.78, 5) is 0. The second-order valence-electron chi connectivity index (χ2n) is 2.41. The SMILES string of the molecule is Oc1ccc(-c2nnco2)cc1Cl. The van der Waals surface area contributed by atoms with Gasteiger partial charge in [-0.2, -0.15) is 0 Å². The Kier molecular flexibility index (Phi) is 1.90. The smallest absolute Gasteiger partial charge is 0.247 e. The Hall–Kier alpha value is -1.55. The second-order valence-corrected chi connectivity index (χ2v) is 2.82. The molecule has 1 aromatic heterocycles. The van der Waals surface area contributed by atoms with Crippen LogP contribution in [0, 0.1) is 0 Å². The van der Waals surface area contributed by atoms with E-state index in [0.29, 0.717) is 11.5 Å². The summed E-state index contributed by atoms with van der Waals surface area (Å²) in [6, 6.07) is 4.68. The van der Waals surface area contributed by atoms with E-state index >= 15 is 0 Å². The average molecular weight is 197 g/mol. The van der Waals surface area contributed by atoms with Crippen LogP contribution in [0.2, 0.25) is 5.02 Å². The molecule has 0 unspecified atom stereocenters. The van der Waals surface area contributed by atoms with E-state index in [9.17, 15) is 0 Å². The number of phenols is 1. The Bertz CT molecular complexity index is 414. The maximum absolute atomic E-state index is 9.14. The van der Waals surface area contributed by atoms with E-state index in [4.69, 9.17) is 21.1 Å². The molecule has 4 nitrogen and oxygen atoms in total. The monoisotopic (exact) mass is 196 g/mol. The molecule has 0 atom stereocenters. The lowest BCUT2D eigenvalue weighted by atomic mass is 10.2. The van der Waals surface area contributed by atoms with Crippen molar-refractivity contribution >= 4 is 11.6 Å². The van der Waals surface area contributed by atoms with Crippen molar-refractivity contribution in [1.82, 2.24) is 10.2 Å². The molecule has 0 bridgehead atoms. The minimum atomic E-state index is 0.0323. The molecule has 66 valence electrons. The number of phenolic OH excluding ortho intramolecular Hbond substituents is 1. The van der Waals surface area contributed by atoms with Gasteiger partial charge in [-0.15, -0.1) is 10.2 Å². The molecule has 0 radical (unpaired) electrons. The van der Waals surface area contributed by atoms with Crippen molar-refractivity contribution in [2.75, 3.05) is 0 Å². The van der Waals surface area contributed by atoms with Gasteiger partial charge in [0.2, 0.25) is 12.3 Å². The van der Waals surface area contributed by atoms with Crippen molar-refractivity contribution in [3.63, 3.8) is 0 Å². The van der Waals surface area contributed by atoms with Crippen LogP contribution in [0.15, 0.2) is 29.0 Å². The highest BCUT2D eigenvalue weighted by Crippen LogP contribution is 2.27. The third-order valence-corrected chi connectivity index (χ3v) is 1.86. The fraction of sp³-hybridized carbons (Fsp3) is 0. The van der Waals surface area contributed by atoms with Gasteiger partial charge in [-0.05, 0) is 18.2 Å². The topological polar surface area (TPSA) is 59.2 Å². The normalized spacial score (nSPS) is 10.2. The van der Waals surface area contributed by atoms with Crippen LogP contribution in [-0.2, 0) is 0 Å². The van der Waals surface area contributed by atoms with Crippen molar-refractivity contribution in [2.24, 2.45) is 0 Å². The molecule has 0 fully saturated rings. The van der Waals surface area contributed by atoms with Gasteiger partial charge in [0.15, 0.2) is 0 Å². The van der Waals surface area contributed by atoms with Crippen LogP contribution in [0.5, 0.6) is 5.75 Å². The highest BCUT2D eigenvalue weighted by molar-refractivity contribution is 6.32. The standard InChI is InChI=1S/C8H5ClN2O2/c9-6-3-5(1-2-7(6)12)8-11-10-4-13-8/h1-4,12H. The van der Waals surface area contributed by atoms with Gasteiger partial charge < -0.3 is 9.52 Å². The van der Waals surface area contributed by atoms with E-state index < -0.39 is 0 Å². The summed E-state index contributed by atoms with van der Waals surface area (Å²) in [6.45, 7) is 0. The molecular formula is C8H5ClN2O2. The fourth-order valence-electron chi connectivity index (χ4n) is 0.939.